The minimum Gasteiger partial charge on any atom is -0.326 e. The van der Waals surface area contributed by atoms with Gasteiger partial charge >= 0.3 is 0 Å². The molecule has 0 aromatic heterocycles. The Hall–Kier alpha value is -0.0800. The number of likely N-dealkylation sites (tertiary alicyclic amines) is 1. The Morgan fingerprint density at radius 3 is 2.38 bits per heavy atom. The summed E-state index contributed by atoms with van der Waals surface area (Å²) in [5.41, 5.74) is 5.98. The van der Waals surface area contributed by atoms with Gasteiger partial charge in [0.1, 0.15) is 0 Å². The molecule has 0 radical (unpaired) electrons. The van der Waals surface area contributed by atoms with Crippen LogP contribution in [-0.4, -0.2) is 30.1 Å². The second-order valence-electron chi connectivity index (χ2n) is 4.91. The van der Waals surface area contributed by atoms with E-state index >= 15 is 0 Å². The number of hydrogen-bond donors (Lipinski definition) is 1. The van der Waals surface area contributed by atoms with Crippen molar-refractivity contribution in [2.24, 2.45) is 17.6 Å². The molecule has 1 heterocycles. The molecule has 2 heteroatoms. The Morgan fingerprint density at radius 1 is 1.38 bits per heavy atom. The van der Waals surface area contributed by atoms with Crippen LogP contribution < -0.4 is 5.73 Å². The summed E-state index contributed by atoms with van der Waals surface area (Å²) >= 11 is 0. The van der Waals surface area contributed by atoms with E-state index in [0.717, 1.165) is 11.8 Å². The van der Waals surface area contributed by atoms with Gasteiger partial charge in [0.05, 0.1) is 0 Å². The van der Waals surface area contributed by atoms with Crippen molar-refractivity contribution in [3.63, 3.8) is 0 Å². The Morgan fingerprint density at radius 2 is 2.00 bits per heavy atom. The SMILES string of the molecule is CC(C)C(C)CN1CCC(N)C1C. The monoisotopic (exact) mass is 184 g/mol. The second kappa shape index (κ2) is 4.43. The summed E-state index contributed by atoms with van der Waals surface area (Å²) in [5.74, 6) is 1.57. The van der Waals surface area contributed by atoms with Gasteiger partial charge in [-0.3, -0.25) is 4.90 Å². The minimum atomic E-state index is 0.402. The summed E-state index contributed by atoms with van der Waals surface area (Å²) in [6, 6.07) is 0.987. The van der Waals surface area contributed by atoms with Crippen LogP contribution in [0.5, 0.6) is 0 Å². The Bertz CT molecular complexity index is 156. The van der Waals surface area contributed by atoms with Crippen molar-refractivity contribution in [2.45, 2.75) is 46.2 Å². The van der Waals surface area contributed by atoms with Crippen LogP contribution in [0.15, 0.2) is 0 Å². The smallest absolute Gasteiger partial charge is 0.0219 e. The van der Waals surface area contributed by atoms with Gasteiger partial charge in [-0.2, -0.15) is 0 Å². The van der Waals surface area contributed by atoms with Crippen molar-refractivity contribution in [3.05, 3.63) is 0 Å². The average Bonchev–Trinajstić information content (AvgIpc) is 2.36. The first-order chi connectivity index (χ1) is 6.02. The fourth-order valence-corrected chi connectivity index (χ4v) is 1.87. The molecule has 0 saturated carbocycles. The molecule has 0 spiro atoms. The van der Waals surface area contributed by atoms with Gasteiger partial charge in [0.2, 0.25) is 0 Å². The quantitative estimate of drug-likeness (QED) is 0.723. The van der Waals surface area contributed by atoms with Crippen LogP contribution in [0.1, 0.15) is 34.1 Å². The maximum Gasteiger partial charge on any atom is 0.0219 e. The highest BCUT2D eigenvalue weighted by Crippen LogP contribution is 2.20. The molecule has 0 bridgehead atoms. The lowest BCUT2D eigenvalue weighted by molar-refractivity contribution is 0.201. The third-order valence-corrected chi connectivity index (χ3v) is 3.61. The second-order valence-corrected chi connectivity index (χ2v) is 4.91. The first-order valence-corrected chi connectivity index (χ1v) is 5.52. The highest BCUT2D eigenvalue weighted by molar-refractivity contribution is 4.87. The Balaban J connectivity index is 2.37. The largest absolute Gasteiger partial charge is 0.326 e. The van der Waals surface area contributed by atoms with E-state index in [0.29, 0.717) is 12.1 Å². The summed E-state index contributed by atoms with van der Waals surface area (Å²) in [6.07, 6.45) is 1.17. The Kier molecular flexibility index (Phi) is 3.74. The summed E-state index contributed by atoms with van der Waals surface area (Å²) < 4.78 is 0. The van der Waals surface area contributed by atoms with E-state index in [-0.39, 0.29) is 0 Å². The van der Waals surface area contributed by atoms with E-state index in [9.17, 15) is 0 Å². The summed E-state index contributed by atoms with van der Waals surface area (Å²) in [6.45, 7) is 11.6. The molecule has 2 nitrogen and oxygen atoms in total. The van der Waals surface area contributed by atoms with Crippen LogP contribution in [0.4, 0.5) is 0 Å². The van der Waals surface area contributed by atoms with Crippen molar-refractivity contribution in [1.29, 1.82) is 0 Å². The molecule has 1 fully saturated rings. The van der Waals surface area contributed by atoms with Crippen molar-refractivity contribution < 1.29 is 0 Å². The zero-order valence-electron chi connectivity index (χ0n) is 9.46. The molecule has 1 rings (SSSR count). The normalized spacial score (nSPS) is 32.8. The van der Waals surface area contributed by atoms with Crippen LogP contribution in [0.2, 0.25) is 0 Å². The van der Waals surface area contributed by atoms with E-state index in [1.807, 2.05) is 0 Å². The van der Waals surface area contributed by atoms with Crippen LogP contribution in [0.3, 0.4) is 0 Å². The molecule has 0 aromatic carbocycles. The third-order valence-electron chi connectivity index (χ3n) is 3.61. The molecule has 0 aromatic rings. The van der Waals surface area contributed by atoms with Crippen molar-refractivity contribution >= 4 is 0 Å². The van der Waals surface area contributed by atoms with Crippen LogP contribution in [0, 0.1) is 11.8 Å². The zero-order valence-corrected chi connectivity index (χ0v) is 9.46. The van der Waals surface area contributed by atoms with E-state index in [1.165, 1.54) is 19.5 Å². The molecular formula is C11H24N2. The predicted octanol–water partition coefficient (Wildman–Crippen LogP) is 1.70. The highest BCUT2D eigenvalue weighted by atomic mass is 15.2. The summed E-state index contributed by atoms with van der Waals surface area (Å²) in [5, 5.41) is 0. The number of rotatable bonds is 3. The summed E-state index contributed by atoms with van der Waals surface area (Å²) in [7, 11) is 0. The standard InChI is InChI=1S/C11H24N2/c1-8(2)9(3)7-13-6-5-11(12)10(13)4/h8-11H,5-7,12H2,1-4H3. The molecule has 2 N–H and O–H groups in total. The molecule has 0 amide bonds. The van der Waals surface area contributed by atoms with Crippen LogP contribution in [-0.2, 0) is 0 Å². The lowest BCUT2D eigenvalue weighted by Crippen LogP contribution is -2.39. The number of nitrogens with zero attached hydrogens (tertiary/aromatic N) is 1. The molecule has 3 unspecified atom stereocenters. The number of hydrogen-bond acceptors (Lipinski definition) is 2. The molecule has 78 valence electrons. The van der Waals surface area contributed by atoms with Crippen molar-refractivity contribution in [1.82, 2.24) is 4.90 Å². The zero-order chi connectivity index (χ0) is 10.0. The minimum absolute atomic E-state index is 0.402. The molecular weight excluding hydrogens is 160 g/mol. The molecule has 1 saturated heterocycles. The maximum absolute atomic E-state index is 5.98. The first kappa shape index (κ1) is 11.0. The fraction of sp³-hybridized carbons (Fsp3) is 1.00. The predicted molar refractivity (Wildman–Crippen MR) is 57.6 cm³/mol. The maximum atomic E-state index is 5.98. The summed E-state index contributed by atoms with van der Waals surface area (Å²) in [4.78, 5) is 2.54. The third kappa shape index (κ3) is 2.68. The van der Waals surface area contributed by atoms with Gasteiger partial charge in [0, 0.05) is 25.2 Å². The lowest BCUT2D eigenvalue weighted by atomic mass is 9.97. The van der Waals surface area contributed by atoms with Gasteiger partial charge in [0.25, 0.3) is 0 Å². The van der Waals surface area contributed by atoms with Gasteiger partial charge in [-0.05, 0) is 25.2 Å². The molecule has 1 aliphatic heterocycles. The van der Waals surface area contributed by atoms with E-state index in [2.05, 4.69) is 32.6 Å². The van der Waals surface area contributed by atoms with E-state index in [4.69, 9.17) is 5.73 Å². The van der Waals surface area contributed by atoms with Crippen molar-refractivity contribution in [3.8, 4) is 0 Å². The van der Waals surface area contributed by atoms with Gasteiger partial charge < -0.3 is 5.73 Å². The van der Waals surface area contributed by atoms with E-state index in [1.54, 1.807) is 0 Å². The topological polar surface area (TPSA) is 29.3 Å². The molecule has 3 atom stereocenters. The van der Waals surface area contributed by atoms with Gasteiger partial charge in [0.15, 0.2) is 0 Å². The molecule has 1 aliphatic rings. The van der Waals surface area contributed by atoms with Gasteiger partial charge in [-0.25, -0.2) is 0 Å². The van der Waals surface area contributed by atoms with Gasteiger partial charge in [-0.1, -0.05) is 20.8 Å². The fourth-order valence-electron chi connectivity index (χ4n) is 1.87. The van der Waals surface area contributed by atoms with Crippen LogP contribution in [0.25, 0.3) is 0 Å². The van der Waals surface area contributed by atoms with Gasteiger partial charge in [-0.15, -0.1) is 0 Å². The van der Waals surface area contributed by atoms with Crippen molar-refractivity contribution in [2.75, 3.05) is 13.1 Å². The average molecular weight is 184 g/mol. The number of nitrogens with two attached hydrogens (primary N) is 1. The molecule has 0 aliphatic carbocycles. The Labute approximate surface area is 82.5 Å². The van der Waals surface area contributed by atoms with E-state index < -0.39 is 0 Å². The highest BCUT2D eigenvalue weighted by Gasteiger charge is 2.28. The lowest BCUT2D eigenvalue weighted by Gasteiger charge is -2.27. The first-order valence-electron chi connectivity index (χ1n) is 5.52. The molecule has 13 heavy (non-hydrogen) atoms. The van der Waals surface area contributed by atoms with Crippen LogP contribution >= 0.6 is 0 Å².